The fraction of sp³-hybridized carbons (Fsp3) is 0.889. The van der Waals surface area contributed by atoms with E-state index >= 15 is 0 Å². The predicted octanol–water partition coefficient (Wildman–Crippen LogP) is 0.592. The van der Waals surface area contributed by atoms with Gasteiger partial charge in [0, 0.05) is 13.1 Å². The van der Waals surface area contributed by atoms with Gasteiger partial charge in [-0.2, -0.15) is 0 Å². The average Bonchev–Trinajstić information content (AvgIpc) is 2.02. The highest BCUT2D eigenvalue weighted by Gasteiger charge is 2.32. The molecule has 1 saturated heterocycles. The molecule has 1 aliphatic rings. The first-order chi connectivity index (χ1) is 5.61. The van der Waals surface area contributed by atoms with Crippen molar-refractivity contribution in [3.8, 4) is 0 Å². The summed E-state index contributed by atoms with van der Waals surface area (Å²) in [4.78, 5) is 12.9. The quantitative estimate of drug-likeness (QED) is 0.628. The van der Waals surface area contributed by atoms with Gasteiger partial charge in [-0.15, -0.1) is 0 Å². The third-order valence-corrected chi connectivity index (χ3v) is 2.26. The Balaban J connectivity index is 2.06. The normalized spacial score (nSPS) is 23.2. The predicted molar refractivity (Wildman–Crippen MR) is 48.6 cm³/mol. The van der Waals surface area contributed by atoms with Crippen LogP contribution < -0.4 is 5.73 Å². The highest BCUT2D eigenvalue weighted by Crippen LogP contribution is 2.11. The second kappa shape index (κ2) is 3.90. The maximum atomic E-state index is 11.0. The van der Waals surface area contributed by atoms with E-state index in [1.165, 1.54) is 6.42 Å². The maximum Gasteiger partial charge on any atom is 0.241 e. The van der Waals surface area contributed by atoms with Crippen molar-refractivity contribution in [2.24, 2.45) is 11.7 Å². The van der Waals surface area contributed by atoms with E-state index in [1.807, 2.05) is 4.90 Å². The van der Waals surface area contributed by atoms with E-state index in [4.69, 9.17) is 5.73 Å². The molecule has 1 atom stereocenters. The minimum atomic E-state index is -0.205. The Morgan fingerprint density at radius 1 is 1.67 bits per heavy atom. The molecule has 3 nitrogen and oxygen atoms in total. The third kappa shape index (κ3) is 2.21. The zero-order valence-corrected chi connectivity index (χ0v) is 7.92. The van der Waals surface area contributed by atoms with Crippen molar-refractivity contribution in [1.82, 2.24) is 4.90 Å². The number of likely N-dealkylation sites (tertiary alicyclic amines) is 1. The van der Waals surface area contributed by atoms with Gasteiger partial charge in [0.2, 0.25) is 5.91 Å². The summed E-state index contributed by atoms with van der Waals surface area (Å²) in [5.74, 6) is 0.855. The van der Waals surface area contributed by atoms with Gasteiger partial charge < -0.3 is 10.6 Å². The first-order valence-corrected chi connectivity index (χ1v) is 4.65. The zero-order chi connectivity index (χ0) is 9.14. The van der Waals surface area contributed by atoms with Crippen LogP contribution in [0.15, 0.2) is 0 Å². The van der Waals surface area contributed by atoms with E-state index in [1.54, 1.807) is 0 Å². The average molecular weight is 170 g/mol. The molecule has 0 aromatic carbocycles. The van der Waals surface area contributed by atoms with Gasteiger partial charge in [0.1, 0.15) is 6.04 Å². The van der Waals surface area contributed by atoms with Crippen LogP contribution in [0.4, 0.5) is 0 Å². The van der Waals surface area contributed by atoms with Crippen molar-refractivity contribution < 1.29 is 4.79 Å². The maximum absolute atomic E-state index is 11.0. The Morgan fingerprint density at radius 3 is 2.75 bits per heavy atom. The van der Waals surface area contributed by atoms with Crippen LogP contribution in [0, 0.1) is 5.92 Å². The number of carbonyl (C=O) groups is 1. The summed E-state index contributed by atoms with van der Waals surface area (Å²) in [6.45, 7) is 6.05. The first-order valence-electron chi connectivity index (χ1n) is 4.65. The minimum Gasteiger partial charge on any atom is -0.339 e. The lowest BCUT2D eigenvalue weighted by atomic mass is 10.1. The van der Waals surface area contributed by atoms with Crippen LogP contribution in [0.1, 0.15) is 26.7 Å². The minimum absolute atomic E-state index is 0.124. The molecule has 0 saturated carbocycles. The van der Waals surface area contributed by atoms with Crippen LogP contribution in [0.25, 0.3) is 0 Å². The summed E-state index contributed by atoms with van der Waals surface area (Å²) >= 11 is 0. The number of amides is 1. The Kier molecular flexibility index (Phi) is 3.09. The summed E-state index contributed by atoms with van der Waals surface area (Å²) in [5, 5.41) is 0. The van der Waals surface area contributed by atoms with Gasteiger partial charge in [0.25, 0.3) is 0 Å². The van der Waals surface area contributed by atoms with Gasteiger partial charge in [0.05, 0.1) is 0 Å². The fourth-order valence-electron chi connectivity index (χ4n) is 1.42. The molecule has 3 heteroatoms. The van der Waals surface area contributed by atoms with E-state index in [0.29, 0.717) is 0 Å². The second-order valence-corrected chi connectivity index (χ2v) is 3.93. The van der Waals surface area contributed by atoms with E-state index in [9.17, 15) is 4.79 Å². The zero-order valence-electron chi connectivity index (χ0n) is 7.92. The van der Waals surface area contributed by atoms with E-state index in [2.05, 4.69) is 13.8 Å². The molecule has 1 unspecified atom stereocenters. The molecule has 1 rings (SSSR count). The molecule has 0 aromatic heterocycles. The third-order valence-electron chi connectivity index (χ3n) is 2.26. The molecule has 2 N–H and O–H groups in total. The van der Waals surface area contributed by atoms with Crippen LogP contribution in [-0.2, 0) is 4.79 Å². The molecule has 0 aromatic rings. The SMILES string of the molecule is CC(C)CCCN1CC(N)C1=O. The Hall–Kier alpha value is -0.570. The molecule has 12 heavy (non-hydrogen) atoms. The van der Waals surface area contributed by atoms with Gasteiger partial charge in [-0.25, -0.2) is 0 Å². The number of hydrogen-bond donors (Lipinski definition) is 1. The Labute approximate surface area is 73.9 Å². The number of nitrogens with two attached hydrogens (primary N) is 1. The summed E-state index contributed by atoms with van der Waals surface area (Å²) in [5.41, 5.74) is 5.45. The summed E-state index contributed by atoms with van der Waals surface area (Å²) in [6, 6.07) is -0.205. The molecule has 0 radical (unpaired) electrons. The lowest BCUT2D eigenvalue weighted by Gasteiger charge is -2.36. The number of carbonyl (C=O) groups excluding carboxylic acids is 1. The Morgan fingerprint density at radius 2 is 2.33 bits per heavy atom. The summed E-state index contributed by atoms with van der Waals surface area (Å²) in [7, 11) is 0. The molecule has 1 heterocycles. The molecular weight excluding hydrogens is 152 g/mol. The smallest absolute Gasteiger partial charge is 0.241 e. The van der Waals surface area contributed by atoms with Gasteiger partial charge >= 0.3 is 0 Å². The number of rotatable bonds is 4. The van der Waals surface area contributed by atoms with Crippen LogP contribution >= 0.6 is 0 Å². The summed E-state index contributed by atoms with van der Waals surface area (Å²) in [6.07, 6.45) is 2.30. The molecular formula is C9H18N2O. The fourth-order valence-corrected chi connectivity index (χ4v) is 1.42. The van der Waals surface area contributed by atoms with Crippen molar-refractivity contribution in [3.05, 3.63) is 0 Å². The molecule has 0 spiro atoms. The molecule has 0 aliphatic carbocycles. The van der Waals surface area contributed by atoms with Crippen molar-refractivity contribution in [2.75, 3.05) is 13.1 Å². The standard InChI is InChI=1S/C9H18N2O/c1-7(2)4-3-5-11-6-8(10)9(11)12/h7-8H,3-6,10H2,1-2H3. The van der Waals surface area contributed by atoms with E-state index < -0.39 is 0 Å². The number of β-lactam (4-membered cyclic amide) rings is 1. The van der Waals surface area contributed by atoms with Crippen LogP contribution in [0.5, 0.6) is 0 Å². The highest BCUT2D eigenvalue weighted by atomic mass is 16.2. The molecule has 1 fully saturated rings. The van der Waals surface area contributed by atoms with Crippen molar-refractivity contribution in [3.63, 3.8) is 0 Å². The monoisotopic (exact) mass is 170 g/mol. The molecule has 70 valence electrons. The van der Waals surface area contributed by atoms with Gasteiger partial charge in [0.15, 0.2) is 0 Å². The van der Waals surface area contributed by atoms with Crippen LogP contribution in [0.2, 0.25) is 0 Å². The van der Waals surface area contributed by atoms with Crippen LogP contribution in [-0.4, -0.2) is 29.9 Å². The van der Waals surface area contributed by atoms with Gasteiger partial charge in [-0.05, 0) is 18.8 Å². The molecule has 0 bridgehead atoms. The second-order valence-electron chi connectivity index (χ2n) is 3.93. The molecule has 1 aliphatic heterocycles. The van der Waals surface area contributed by atoms with E-state index in [-0.39, 0.29) is 11.9 Å². The number of hydrogen-bond acceptors (Lipinski definition) is 2. The van der Waals surface area contributed by atoms with E-state index in [0.717, 1.165) is 25.4 Å². The largest absolute Gasteiger partial charge is 0.339 e. The van der Waals surface area contributed by atoms with Gasteiger partial charge in [-0.1, -0.05) is 13.8 Å². The lowest BCUT2D eigenvalue weighted by Crippen LogP contribution is -2.60. The lowest BCUT2D eigenvalue weighted by molar-refractivity contribution is -0.142. The molecule has 1 amide bonds. The highest BCUT2D eigenvalue weighted by molar-refractivity contribution is 5.87. The topological polar surface area (TPSA) is 46.3 Å². The van der Waals surface area contributed by atoms with Crippen molar-refractivity contribution in [1.29, 1.82) is 0 Å². The van der Waals surface area contributed by atoms with Crippen molar-refractivity contribution in [2.45, 2.75) is 32.7 Å². The van der Waals surface area contributed by atoms with Crippen LogP contribution in [0.3, 0.4) is 0 Å². The first kappa shape index (κ1) is 9.52. The number of nitrogens with zero attached hydrogens (tertiary/aromatic N) is 1. The summed E-state index contributed by atoms with van der Waals surface area (Å²) < 4.78 is 0. The van der Waals surface area contributed by atoms with Crippen molar-refractivity contribution >= 4 is 5.91 Å². The Bertz CT molecular complexity index is 168. The van der Waals surface area contributed by atoms with Gasteiger partial charge in [-0.3, -0.25) is 4.79 Å².